The molecule has 2 aromatic heterocycles. The Balaban J connectivity index is 1.84. The summed E-state index contributed by atoms with van der Waals surface area (Å²) >= 11 is 0. The minimum Gasteiger partial charge on any atom is -0.461 e. The Morgan fingerprint density at radius 3 is 2.83 bits per heavy atom. The summed E-state index contributed by atoms with van der Waals surface area (Å²) in [6, 6.07) is 11.9. The van der Waals surface area contributed by atoms with Gasteiger partial charge in [0.05, 0.1) is 12.1 Å². The van der Waals surface area contributed by atoms with Crippen molar-refractivity contribution in [3.05, 3.63) is 65.6 Å². The Bertz CT molecular complexity index is 878. The quantitative estimate of drug-likeness (QED) is 0.686. The van der Waals surface area contributed by atoms with E-state index < -0.39 is 0 Å². The number of carbonyl (C=O) groups is 1. The van der Waals surface area contributed by atoms with Gasteiger partial charge in [0.15, 0.2) is 0 Å². The highest BCUT2D eigenvalue weighted by atomic mass is 16.5. The standard InChI is InChI=1S/C19H18N2O2/c1-3-23-19(22)18-11-15(13-21(18)2)9-8-14-10-16-6-4-5-7-17(16)20-12-14/h4-13H,3H2,1-2H3/b9-8+. The van der Waals surface area contributed by atoms with Crippen molar-refractivity contribution >= 4 is 29.0 Å². The average molecular weight is 306 g/mol. The first-order chi connectivity index (χ1) is 11.2. The molecule has 1 aromatic carbocycles. The monoisotopic (exact) mass is 306 g/mol. The average Bonchev–Trinajstić information content (AvgIpc) is 2.94. The van der Waals surface area contributed by atoms with Gasteiger partial charge in [-0.2, -0.15) is 0 Å². The number of benzene rings is 1. The molecule has 23 heavy (non-hydrogen) atoms. The third-order valence-electron chi connectivity index (χ3n) is 3.59. The number of aryl methyl sites for hydroxylation is 1. The van der Waals surface area contributed by atoms with Gasteiger partial charge in [-0.25, -0.2) is 4.79 Å². The van der Waals surface area contributed by atoms with E-state index in [-0.39, 0.29) is 5.97 Å². The van der Waals surface area contributed by atoms with Gasteiger partial charge in [0.25, 0.3) is 0 Å². The Morgan fingerprint density at radius 1 is 1.22 bits per heavy atom. The lowest BCUT2D eigenvalue weighted by molar-refractivity contribution is 0.0515. The van der Waals surface area contributed by atoms with E-state index in [0.29, 0.717) is 12.3 Å². The normalized spacial score (nSPS) is 11.2. The van der Waals surface area contributed by atoms with Crippen molar-refractivity contribution in [2.45, 2.75) is 6.92 Å². The van der Waals surface area contributed by atoms with Gasteiger partial charge in [-0.3, -0.25) is 4.98 Å². The number of ether oxygens (including phenoxy) is 1. The maximum absolute atomic E-state index is 11.8. The molecule has 0 aliphatic carbocycles. The molecule has 0 radical (unpaired) electrons. The maximum Gasteiger partial charge on any atom is 0.354 e. The van der Waals surface area contributed by atoms with Crippen LogP contribution in [0, 0.1) is 0 Å². The van der Waals surface area contributed by atoms with Crippen molar-refractivity contribution in [3.8, 4) is 0 Å². The van der Waals surface area contributed by atoms with E-state index in [1.54, 1.807) is 11.5 Å². The Morgan fingerprint density at radius 2 is 2.00 bits per heavy atom. The predicted octanol–water partition coefficient (Wildman–Crippen LogP) is 3.92. The van der Waals surface area contributed by atoms with E-state index in [1.807, 2.05) is 61.9 Å². The van der Waals surface area contributed by atoms with Crippen molar-refractivity contribution < 1.29 is 9.53 Å². The summed E-state index contributed by atoms with van der Waals surface area (Å²) in [5.74, 6) is -0.304. The minimum absolute atomic E-state index is 0.304. The molecule has 2 heterocycles. The predicted molar refractivity (Wildman–Crippen MR) is 92.0 cm³/mol. The first kappa shape index (κ1) is 15.0. The number of nitrogens with zero attached hydrogens (tertiary/aromatic N) is 2. The first-order valence-electron chi connectivity index (χ1n) is 7.53. The van der Waals surface area contributed by atoms with Gasteiger partial charge < -0.3 is 9.30 Å². The van der Waals surface area contributed by atoms with Gasteiger partial charge in [-0.05, 0) is 36.2 Å². The smallest absolute Gasteiger partial charge is 0.354 e. The number of aromatic nitrogens is 2. The number of carbonyl (C=O) groups excluding carboxylic acids is 1. The second-order valence-corrected chi connectivity index (χ2v) is 5.28. The zero-order valence-electron chi connectivity index (χ0n) is 13.2. The summed E-state index contributed by atoms with van der Waals surface area (Å²) in [6.45, 7) is 2.17. The molecule has 3 rings (SSSR count). The van der Waals surface area contributed by atoms with Crippen LogP contribution in [-0.2, 0) is 11.8 Å². The fraction of sp³-hybridized carbons (Fsp3) is 0.158. The summed E-state index contributed by atoms with van der Waals surface area (Å²) in [4.78, 5) is 16.3. The summed E-state index contributed by atoms with van der Waals surface area (Å²) in [5, 5.41) is 1.11. The largest absolute Gasteiger partial charge is 0.461 e. The van der Waals surface area contributed by atoms with Crippen LogP contribution < -0.4 is 0 Å². The van der Waals surface area contributed by atoms with E-state index >= 15 is 0 Å². The van der Waals surface area contributed by atoms with E-state index in [1.165, 1.54) is 0 Å². The lowest BCUT2D eigenvalue weighted by atomic mass is 10.1. The van der Waals surface area contributed by atoms with Crippen LogP contribution in [0.5, 0.6) is 0 Å². The topological polar surface area (TPSA) is 44.1 Å². The van der Waals surface area contributed by atoms with Gasteiger partial charge >= 0.3 is 5.97 Å². The molecule has 0 saturated heterocycles. The second-order valence-electron chi connectivity index (χ2n) is 5.28. The molecule has 0 aliphatic rings. The molecule has 0 unspecified atom stereocenters. The summed E-state index contributed by atoms with van der Waals surface area (Å²) in [5.41, 5.74) is 3.49. The Kier molecular flexibility index (Phi) is 4.24. The van der Waals surface area contributed by atoms with Crippen LogP contribution in [0.15, 0.2) is 48.8 Å². The van der Waals surface area contributed by atoms with Crippen LogP contribution in [0.3, 0.4) is 0 Å². The van der Waals surface area contributed by atoms with E-state index in [2.05, 4.69) is 11.1 Å². The van der Waals surface area contributed by atoms with Gasteiger partial charge in [-0.15, -0.1) is 0 Å². The number of hydrogen-bond donors (Lipinski definition) is 0. The lowest BCUT2D eigenvalue weighted by Crippen LogP contribution is -2.08. The van der Waals surface area contributed by atoms with Crippen LogP contribution in [0.2, 0.25) is 0 Å². The molecule has 3 aromatic rings. The van der Waals surface area contributed by atoms with Crippen LogP contribution in [-0.4, -0.2) is 22.1 Å². The van der Waals surface area contributed by atoms with Crippen LogP contribution in [0.25, 0.3) is 23.1 Å². The van der Waals surface area contributed by atoms with E-state index in [4.69, 9.17) is 4.74 Å². The lowest BCUT2D eigenvalue weighted by Gasteiger charge is -2.01. The van der Waals surface area contributed by atoms with Crippen LogP contribution in [0.4, 0.5) is 0 Å². The zero-order chi connectivity index (χ0) is 16.2. The highest BCUT2D eigenvalue weighted by Crippen LogP contribution is 2.16. The molecule has 0 saturated carbocycles. The molecule has 0 atom stereocenters. The number of fused-ring (bicyclic) bond motifs is 1. The van der Waals surface area contributed by atoms with Crippen molar-refractivity contribution in [3.63, 3.8) is 0 Å². The molecule has 0 N–H and O–H groups in total. The molecule has 0 amide bonds. The highest BCUT2D eigenvalue weighted by Gasteiger charge is 2.11. The second kappa shape index (κ2) is 6.48. The van der Waals surface area contributed by atoms with Gasteiger partial charge in [0, 0.05) is 24.8 Å². The first-order valence-corrected chi connectivity index (χ1v) is 7.53. The van der Waals surface area contributed by atoms with Gasteiger partial charge in [-0.1, -0.05) is 30.4 Å². The summed E-state index contributed by atoms with van der Waals surface area (Å²) < 4.78 is 6.81. The van der Waals surface area contributed by atoms with E-state index in [9.17, 15) is 4.79 Å². The molecule has 0 spiro atoms. The Labute approximate surface area is 135 Å². The summed E-state index contributed by atoms with van der Waals surface area (Å²) in [7, 11) is 1.83. The van der Waals surface area contributed by atoms with Crippen molar-refractivity contribution in [2.24, 2.45) is 7.05 Å². The molecule has 0 fully saturated rings. The number of hydrogen-bond acceptors (Lipinski definition) is 3. The maximum atomic E-state index is 11.8. The van der Waals surface area contributed by atoms with Crippen molar-refractivity contribution in [1.82, 2.24) is 9.55 Å². The number of esters is 1. The van der Waals surface area contributed by atoms with Gasteiger partial charge in [0.1, 0.15) is 5.69 Å². The minimum atomic E-state index is -0.304. The SMILES string of the molecule is CCOC(=O)c1cc(/C=C/c2cnc3ccccc3c2)cn1C. The Hall–Kier alpha value is -2.88. The fourth-order valence-electron chi connectivity index (χ4n) is 2.46. The van der Waals surface area contributed by atoms with Crippen molar-refractivity contribution in [2.75, 3.05) is 6.61 Å². The number of para-hydroxylation sites is 1. The third-order valence-corrected chi connectivity index (χ3v) is 3.59. The molecular weight excluding hydrogens is 288 g/mol. The molecule has 116 valence electrons. The third kappa shape index (κ3) is 3.31. The number of pyridine rings is 1. The van der Waals surface area contributed by atoms with Crippen LogP contribution >= 0.6 is 0 Å². The molecule has 4 heteroatoms. The fourth-order valence-corrected chi connectivity index (χ4v) is 2.46. The molecular formula is C19H18N2O2. The van der Waals surface area contributed by atoms with Gasteiger partial charge in [0.2, 0.25) is 0 Å². The highest BCUT2D eigenvalue weighted by molar-refractivity contribution is 5.89. The molecule has 0 aliphatic heterocycles. The molecule has 4 nitrogen and oxygen atoms in total. The summed E-state index contributed by atoms with van der Waals surface area (Å²) in [6.07, 6.45) is 7.70. The number of rotatable bonds is 4. The molecule has 0 bridgehead atoms. The van der Waals surface area contributed by atoms with E-state index in [0.717, 1.165) is 22.0 Å². The van der Waals surface area contributed by atoms with Crippen LogP contribution in [0.1, 0.15) is 28.5 Å². The van der Waals surface area contributed by atoms with Crippen molar-refractivity contribution in [1.29, 1.82) is 0 Å². The zero-order valence-corrected chi connectivity index (χ0v) is 13.2.